The predicted octanol–water partition coefficient (Wildman–Crippen LogP) is 3.50. The monoisotopic (exact) mass is 261 g/mol. The molecule has 0 radical (unpaired) electrons. The molecule has 1 aromatic heterocycles. The first-order valence-corrected chi connectivity index (χ1v) is 7.07. The highest BCUT2D eigenvalue weighted by atomic mass is 15.2. The Morgan fingerprint density at radius 1 is 1.00 bits per heavy atom. The summed E-state index contributed by atoms with van der Waals surface area (Å²) in [7, 11) is 2.14. The maximum atomic E-state index is 2.36. The molecule has 0 N–H and O–H groups in total. The van der Waals surface area contributed by atoms with Crippen molar-refractivity contribution in [2.75, 3.05) is 6.54 Å². The Bertz CT molecular complexity index is 824. The Labute approximate surface area is 118 Å². The summed E-state index contributed by atoms with van der Waals surface area (Å²) < 4.78 is 4.64. The third-order valence-electron chi connectivity index (χ3n) is 4.19. The molecule has 2 heterocycles. The van der Waals surface area contributed by atoms with Gasteiger partial charge in [-0.25, -0.2) is 9.14 Å². The van der Waals surface area contributed by atoms with E-state index in [0.29, 0.717) is 0 Å². The SMILES string of the molecule is Cn1c([N+]2=Cc3ccccc3CC2)cc2ccccc21. The highest BCUT2D eigenvalue weighted by Gasteiger charge is 2.20. The lowest BCUT2D eigenvalue weighted by atomic mass is 10.0. The van der Waals surface area contributed by atoms with Crippen LogP contribution in [0.1, 0.15) is 11.1 Å². The normalized spacial score (nSPS) is 14.2. The largest absolute Gasteiger partial charge is 0.282 e. The number of hydrogen-bond donors (Lipinski definition) is 0. The molecule has 98 valence electrons. The maximum Gasteiger partial charge on any atom is 0.282 e. The lowest BCUT2D eigenvalue weighted by molar-refractivity contribution is -0.442. The summed E-state index contributed by atoms with van der Waals surface area (Å²) in [5, 5.41) is 1.30. The van der Waals surface area contributed by atoms with E-state index in [9.17, 15) is 0 Å². The second kappa shape index (κ2) is 4.34. The van der Waals surface area contributed by atoms with E-state index in [-0.39, 0.29) is 0 Å². The molecular formula is C18H17N2+. The highest BCUT2D eigenvalue weighted by Crippen LogP contribution is 2.25. The van der Waals surface area contributed by atoms with E-state index in [1.807, 2.05) is 0 Å². The number of nitrogens with zero attached hydrogens (tertiary/aromatic N) is 2. The molecule has 0 spiro atoms. The van der Waals surface area contributed by atoms with Gasteiger partial charge in [0, 0.05) is 23.4 Å². The first-order valence-electron chi connectivity index (χ1n) is 7.07. The average Bonchev–Trinajstić information content (AvgIpc) is 2.84. The van der Waals surface area contributed by atoms with Gasteiger partial charge in [0.2, 0.25) is 0 Å². The summed E-state index contributed by atoms with van der Waals surface area (Å²) in [6.45, 7) is 1.04. The van der Waals surface area contributed by atoms with Crippen LogP contribution < -0.4 is 0 Å². The number of aryl methyl sites for hydroxylation is 1. The summed E-state index contributed by atoms with van der Waals surface area (Å²) in [5.74, 6) is 1.26. The minimum absolute atomic E-state index is 1.04. The van der Waals surface area contributed by atoms with Crippen LogP contribution in [0.4, 0.5) is 5.82 Å². The highest BCUT2D eigenvalue weighted by molar-refractivity contribution is 5.85. The molecule has 0 atom stereocenters. The van der Waals surface area contributed by atoms with E-state index < -0.39 is 0 Å². The van der Waals surface area contributed by atoms with Gasteiger partial charge in [0.1, 0.15) is 5.52 Å². The minimum Gasteiger partial charge on any atom is -0.233 e. The lowest BCUT2D eigenvalue weighted by Gasteiger charge is -2.14. The van der Waals surface area contributed by atoms with Crippen LogP contribution >= 0.6 is 0 Å². The molecular weight excluding hydrogens is 244 g/mol. The molecule has 0 bridgehead atoms. The zero-order valence-electron chi connectivity index (χ0n) is 11.6. The predicted molar refractivity (Wildman–Crippen MR) is 83.0 cm³/mol. The van der Waals surface area contributed by atoms with Gasteiger partial charge >= 0.3 is 0 Å². The first-order chi connectivity index (χ1) is 9.83. The second-order valence-electron chi connectivity index (χ2n) is 5.39. The van der Waals surface area contributed by atoms with Gasteiger partial charge in [0.05, 0.1) is 19.8 Å². The average molecular weight is 261 g/mol. The van der Waals surface area contributed by atoms with Crippen molar-refractivity contribution in [3.05, 3.63) is 65.7 Å². The standard InChI is InChI=1S/C18H17N2/c1-19-17-9-5-4-7-15(17)12-18(19)20-11-10-14-6-2-3-8-16(14)13-20/h2-9,12-13H,10-11H2,1H3/q+1. The Morgan fingerprint density at radius 3 is 2.70 bits per heavy atom. The van der Waals surface area contributed by atoms with Crippen LogP contribution in [0.3, 0.4) is 0 Å². The molecule has 0 aliphatic carbocycles. The van der Waals surface area contributed by atoms with Crippen molar-refractivity contribution in [3.8, 4) is 0 Å². The van der Waals surface area contributed by atoms with Gasteiger partial charge < -0.3 is 0 Å². The van der Waals surface area contributed by atoms with Crippen LogP contribution in [0.25, 0.3) is 10.9 Å². The molecule has 0 unspecified atom stereocenters. The number of benzene rings is 2. The molecule has 2 nitrogen and oxygen atoms in total. The number of fused-ring (bicyclic) bond motifs is 2. The molecule has 0 amide bonds. The minimum atomic E-state index is 1.04. The molecule has 20 heavy (non-hydrogen) atoms. The fraction of sp³-hybridized carbons (Fsp3) is 0.167. The number of hydrogen-bond acceptors (Lipinski definition) is 0. The molecule has 4 rings (SSSR count). The van der Waals surface area contributed by atoms with Crippen LogP contribution in [0, 0.1) is 0 Å². The molecule has 2 aromatic carbocycles. The fourth-order valence-corrected chi connectivity index (χ4v) is 3.09. The van der Waals surface area contributed by atoms with Gasteiger partial charge in [-0.05, 0) is 11.6 Å². The molecule has 0 fully saturated rings. The topological polar surface area (TPSA) is 7.94 Å². The van der Waals surface area contributed by atoms with Crippen molar-refractivity contribution in [2.24, 2.45) is 7.05 Å². The van der Waals surface area contributed by atoms with Crippen LogP contribution in [0.5, 0.6) is 0 Å². The lowest BCUT2D eigenvalue weighted by Crippen LogP contribution is -2.20. The van der Waals surface area contributed by atoms with Crippen molar-refractivity contribution in [2.45, 2.75) is 6.42 Å². The van der Waals surface area contributed by atoms with Crippen molar-refractivity contribution in [3.63, 3.8) is 0 Å². The number of para-hydroxylation sites is 1. The fourth-order valence-electron chi connectivity index (χ4n) is 3.09. The summed E-state index contributed by atoms with van der Waals surface area (Å²) in [6.07, 6.45) is 3.38. The van der Waals surface area contributed by atoms with E-state index in [1.54, 1.807) is 0 Å². The third kappa shape index (κ3) is 1.68. The van der Waals surface area contributed by atoms with E-state index in [4.69, 9.17) is 0 Å². The zero-order valence-corrected chi connectivity index (χ0v) is 11.6. The van der Waals surface area contributed by atoms with E-state index in [0.717, 1.165) is 13.0 Å². The van der Waals surface area contributed by atoms with Crippen LogP contribution in [-0.4, -0.2) is 21.9 Å². The maximum absolute atomic E-state index is 2.36. The summed E-state index contributed by atoms with van der Waals surface area (Å²) >= 11 is 0. The van der Waals surface area contributed by atoms with Gasteiger partial charge in [-0.2, -0.15) is 0 Å². The van der Waals surface area contributed by atoms with Crippen molar-refractivity contribution in [1.29, 1.82) is 0 Å². The summed E-state index contributed by atoms with van der Waals surface area (Å²) in [4.78, 5) is 0. The first kappa shape index (κ1) is 11.5. The Balaban J connectivity index is 1.88. The quantitative estimate of drug-likeness (QED) is 0.592. The van der Waals surface area contributed by atoms with Crippen LogP contribution in [0.15, 0.2) is 54.6 Å². The van der Waals surface area contributed by atoms with E-state index >= 15 is 0 Å². The number of aromatic nitrogens is 1. The second-order valence-corrected chi connectivity index (χ2v) is 5.39. The van der Waals surface area contributed by atoms with Gasteiger partial charge in [-0.3, -0.25) is 0 Å². The molecule has 1 aliphatic rings. The Hall–Kier alpha value is -2.35. The summed E-state index contributed by atoms with van der Waals surface area (Å²) in [5.41, 5.74) is 4.07. The molecule has 0 saturated carbocycles. The van der Waals surface area contributed by atoms with Crippen LogP contribution in [0.2, 0.25) is 0 Å². The van der Waals surface area contributed by atoms with Gasteiger partial charge in [-0.15, -0.1) is 0 Å². The third-order valence-corrected chi connectivity index (χ3v) is 4.19. The van der Waals surface area contributed by atoms with E-state index in [2.05, 4.69) is 77.0 Å². The zero-order chi connectivity index (χ0) is 13.5. The van der Waals surface area contributed by atoms with Crippen LogP contribution in [-0.2, 0) is 13.5 Å². The van der Waals surface area contributed by atoms with Gasteiger partial charge in [-0.1, -0.05) is 42.5 Å². The number of rotatable bonds is 1. The summed E-state index contributed by atoms with van der Waals surface area (Å²) in [6, 6.07) is 19.5. The van der Waals surface area contributed by atoms with Crippen molar-refractivity contribution < 1.29 is 4.58 Å². The molecule has 1 aliphatic heterocycles. The molecule has 3 aromatic rings. The van der Waals surface area contributed by atoms with Gasteiger partial charge in [0.15, 0.2) is 0 Å². The van der Waals surface area contributed by atoms with E-state index in [1.165, 1.54) is 27.8 Å². The van der Waals surface area contributed by atoms with Gasteiger partial charge in [0.25, 0.3) is 5.82 Å². The van der Waals surface area contributed by atoms with Crippen molar-refractivity contribution >= 4 is 22.9 Å². The Kier molecular flexibility index (Phi) is 2.49. The van der Waals surface area contributed by atoms with Crippen molar-refractivity contribution in [1.82, 2.24) is 4.57 Å². The molecule has 2 heteroatoms. The molecule has 0 saturated heterocycles. The Morgan fingerprint density at radius 2 is 1.80 bits per heavy atom. The smallest absolute Gasteiger partial charge is 0.233 e.